The number of furan rings is 1. The minimum Gasteiger partial charge on any atom is -0.505 e. The van der Waals surface area contributed by atoms with Crippen molar-refractivity contribution in [1.82, 2.24) is 0 Å². The molecule has 0 amide bonds. The lowest BCUT2D eigenvalue weighted by atomic mass is 9.84. The lowest BCUT2D eigenvalue weighted by Crippen LogP contribution is -2.12. The molecule has 2 aliphatic carbocycles. The van der Waals surface area contributed by atoms with Gasteiger partial charge in [0.2, 0.25) is 0 Å². The van der Waals surface area contributed by atoms with Gasteiger partial charge in [0.1, 0.15) is 11.3 Å². The van der Waals surface area contributed by atoms with Crippen LogP contribution >= 0.6 is 0 Å². The van der Waals surface area contributed by atoms with Crippen LogP contribution in [0.2, 0.25) is 0 Å². The number of hydrogen-bond donors (Lipinski definition) is 1. The topological polar surface area (TPSA) is 39.9 Å². The molecule has 0 radical (unpaired) electrons. The number of aromatic hydroxyl groups is 1. The first-order valence-corrected chi connectivity index (χ1v) is 30.5. The van der Waals surface area contributed by atoms with Crippen LogP contribution in [-0.4, -0.2) is 5.11 Å². The third kappa shape index (κ3) is 8.90. The van der Waals surface area contributed by atoms with Gasteiger partial charge in [-0.2, -0.15) is 0 Å². The second-order valence-electron chi connectivity index (χ2n) is 23.6. The van der Waals surface area contributed by atoms with E-state index in [1.807, 2.05) is 0 Å². The molecule has 0 unspecified atom stereocenters. The molecule has 83 heavy (non-hydrogen) atoms. The summed E-state index contributed by atoms with van der Waals surface area (Å²) in [7, 11) is 0. The van der Waals surface area contributed by atoms with E-state index >= 15 is 0 Å². The summed E-state index contributed by atoms with van der Waals surface area (Å²) in [6, 6.07) is 82.5. The Balaban J connectivity index is 0.925. The molecule has 2 aliphatic rings. The Morgan fingerprint density at radius 1 is 0.398 bits per heavy atom. The maximum Gasteiger partial charge on any atom is 0.159 e. The van der Waals surface area contributed by atoms with E-state index in [1.54, 1.807) is 0 Å². The summed E-state index contributed by atoms with van der Waals surface area (Å²) in [5.74, 6) is 1.40. The van der Waals surface area contributed by atoms with Gasteiger partial charge < -0.3 is 19.3 Å². The van der Waals surface area contributed by atoms with Gasteiger partial charge >= 0.3 is 0 Å². The lowest BCUT2D eigenvalue weighted by Gasteiger charge is -2.30. The van der Waals surface area contributed by atoms with Gasteiger partial charge in [-0.05, 0) is 172 Å². The summed E-state index contributed by atoms with van der Waals surface area (Å²) in [6.45, 7) is 4.39. The maximum atomic E-state index is 12.9. The van der Waals surface area contributed by atoms with E-state index in [0.29, 0.717) is 11.8 Å². The van der Waals surface area contributed by atoms with E-state index in [-0.39, 0.29) is 5.75 Å². The molecule has 1 N–H and O–H groups in total. The van der Waals surface area contributed by atoms with Gasteiger partial charge in [-0.15, -0.1) is 0 Å². The average molecular weight is 1080 g/mol. The molecule has 406 valence electrons. The number of anilines is 6. The summed E-state index contributed by atoms with van der Waals surface area (Å²) >= 11 is 0. The van der Waals surface area contributed by atoms with Gasteiger partial charge in [0.05, 0.1) is 22.7 Å². The molecular weight excluding hydrogens is 1010 g/mol. The molecule has 0 bridgehead atoms. The second kappa shape index (κ2) is 21.3. The fraction of sp³-hybridized carbons (Fsp3) is 0.190. The summed E-state index contributed by atoms with van der Waals surface area (Å²) in [4.78, 5) is 4.76. The predicted octanol–water partition coefficient (Wildman–Crippen LogP) is 23.1. The van der Waals surface area contributed by atoms with Crippen molar-refractivity contribution in [3.05, 3.63) is 247 Å². The summed E-state index contributed by atoms with van der Waals surface area (Å²) in [5, 5.41) is 22.1. The van der Waals surface area contributed by atoms with Crippen LogP contribution in [0.1, 0.15) is 105 Å². The zero-order valence-corrected chi connectivity index (χ0v) is 47.5. The van der Waals surface area contributed by atoms with Crippen molar-refractivity contribution in [2.24, 2.45) is 0 Å². The lowest BCUT2D eigenvalue weighted by molar-refractivity contribution is 0.443. The van der Waals surface area contributed by atoms with Gasteiger partial charge in [0, 0.05) is 44.0 Å². The molecule has 12 aromatic carbocycles. The van der Waals surface area contributed by atoms with E-state index < -0.39 is 0 Å². The molecule has 0 spiro atoms. The maximum absolute atomic E-state index is 12.9. The Hall–Kier alpha value is -9.12. The largest absolute Gasteiger partial charge is 0.505 e. The normalized spacial score (nSPS) is 14.4. The third-order valence-electron chi connectivity index (χ3n) is 18.9. The highest BCUT2D eigenvalue weighted by atomic mass is 16.3. The average Bonchev–Trinajstić information content (AvgIpc) is 2.93. The number of fused-ring (bicyclic) bond motifs is 3. The van der Waals surface area contributed by atoms with Crippen LogP contribution in [0, 0.1) is 6.92 Å². The Kier molecular flexibility index (Phi) is 13.1. The molecule has 4 nitrogen and oxygen atoms in total. The van der Waals surface area contributed by atoms with Crippen LogP contribution in [0.3, 0.4) is 0 Å². The molecule has 0 saturated heterocycles. The van der Waals surface area contributed by atoms with Crippen molar-refractivity contribution < 1.29 is 9.52 Å². The molecule has 13 aromatic rings. The van der Waals surface area contributed by atoms with E-state index in [1.165, 1.54) is 119 Å². The number of benzene rings is 12. The first-order valence-electron chi connectivity index (χ1n) is 30.5. The second-order valence-corrected chi connectivity index (χ2v) is 23.6. The van der Waals surface area contributed by atoms with E-state index in [9.17, 15) is 5.11 Å². The van der Waals surface area contributed by atoms with Crippen LogP contribution in [-0.2, 0) is 6.42 Å². The molecule has 4 heteroatoms. The molecule has 15 rings (SSSR count). The smallest absolute Gasteiger partial charge is 0.159 e. The summed E-state index contributed by atoms with van der Waals surface area (Å²) in [6.07, 6.45) is 13.7. The Labute approximate surface area is 487 Å². The number of phenolic OH excluding ortho intramolecular Hbond substituents is 1. The van der Waals surface area contributed by atoms with E-state index in [4.69, 9.17) is 4.42 Å². The number of hydrogen-bond acceptors (Lipinski definition) is 4. The molecule has 2 fully saturated rings. The van der Waals surface area contributed by atoms with Crippen molar-refractivity contribution >= 4 is 88.4 Å². The number of para-hydroxylation sites is 3. The van der Waals surface area contributed by atoms with Gasteiger partial charge in [-0.3, -0.25) is 0 Å². The Bertz CT molecular complexity index is 4540. The van der Waals surface area contributed by atoms with Crippen molar-refractivity contribution in [2.75, 3.05) is 9.80 Å². The van der Waals surface area contributed by atoms with Crippen molar-refractivity contribution in [1.29, 1.82) is 0 Å². The SMILES string of the molecule is CCc1ccccc1-c1cccc2c1oc1c(N(c3ccc(C4CCCCC4)cc3)c3ccc4ccc5c(N(c6ccc(C7CCCCC7)cc6)c6cccc(-c7cccc(-c8ccccc8C)c7)c6O)ccc6ccc3c4c65)cccc12. The van der Waals surface area contributed by atoms with Crippen molar-refractivity contribution in [3.63, 3.8) is 0 Å². The standard InChI is InChI=1S/C79H68N2O2/c1-3-52-19-11-13-27-64(52)66-29-15-30-67-68-31-17-33-74(79(68)83-78(66)67)81(62-44-36-56(37-45-62)54-22-8-5-9-23-54)72-49-41-58-38-46-69-71(48-40-57-39-47-70(72)76(58)75(57)69)80(61-42-34-55(35-43-61)53-20-6-4-7-21-53)73-32-16-28-65(77(73)82)60-25-14-24-59(50-60)63-26-12-10-18-51(63)2/h10-19,24-50,53-54,82H,3-9,20-23H2,1-2H3. The molecule has 0 atom stereocenters. The zero-order chi connectivity index (χ0) is 55.5. The molecule has 1 aromatic heterocycles. The fourth-order valence-electron chi connectivity index (χ4n) is 14.6. The Morgan fingerprint density at radius 2 is 0.880 bits per heavy atom. The van der Waals surface area contributed by atoms with Crippen LogP contribution in [0.15, 0.2) is 229 Å². The highest BCUT2D eigenvalue weighted by Gasteiger charge is 2.28. The monoisotopic (exact) mass is 1080 g/mol. The fourth-order valence-corrected chi connectivity index (χ4v) is 14.6. The third-order valence-corrected chi connectivity index (χ3v) is 18.9. The van der Waals surface area contributed by atoms with E-state index in [0.717, 1.165) is 95.5 Å². The summed E-state index contributed by atoms with van der Waals surface area (Å²) < 4.78 is 7.31. The number of phenols is 1. The van der Waals surface area contributed by atoms with Crippen LogP contribution in [0.25, 0.3) is 87.6 Å². The van der Waals surface area contributed by atoms with Gasteiger partial charge in [0.15, 0.2) is 5.58 Å². The van der Waals surface area contributed by atoms with Crippen molar-refractivity contribution in [3.8, 4) is 39.1 Å². The first kappa shape index (κ1) is 50.8. The Morgan fingerprint density at radius 3 is 1.49 bits per heavy atom. The number of nitrogens with zero attached hydrogens (tertiary/aromatic N) is 2. The van der Waals surface area contributed by atoms with E-state index in [2.05, 4.69) is 248 Å². The van der Waals surface area contributed by atoms with Crippen LogP contribution < -0.4 is 9.80 Å². The van der Waals surface area contributed by atoms with Crippen LogP contribution in [0.4, 0.5) is 34.1 Å². The molecule has 1 heterocycles. The highest BCUT2D eigenvalue weighted by Crippen LogP contribution is 2.52. The number of rotatable bonds is 12. The van der Waals surface area contributed by atoms with Gasteiger partial charge in [-0.1, -0.05) is 215 Å². The van der Waals surface area contributed by atoms with Gasteiger partial charge in [0.25, 0.3) is 0 Å². The van der Waals surface area contributed by atoms with Gasteiger partial charge in [-0.25, -0.2) is 0 Å². The molecule has 2 saturated carbocycles. The molecule has 0 aliphatic heterocycles. The zero-order valence-electron chi connectivity index (χ0n) is 47.5. The summed E-state index contributed by atoms with van der Waals surface area (Å²) in [5.41, 5.74) is 19.4. The molecular formula is C79H68N2O2. The quantitative estimate of drug-likeness (QED) is 0.124. The predicted molar refractivity (Wildman–Crippen MR) is 351 cm³/mol. The van der Waals surface area contributed by atoms with Crippen LogP contribution in [0.5, 0.6) is 5.75 Å². The minimum absolute atomic E-state index is 0.241. The first-order chi connectivity index (χ1) is 41.0. The minimum atomic E-state index is 0.241. The van der Waals surface area contributed by atoms with Crippen molar-refractivity contribution in [2.45, 2.75) is 96.3 Å². The number of aryl methyl sites for hydroxylation is 2. The highest BCUT2D eigenvalue weighted by molar-refractivity contribution is 6.28.